The van der Waals surface area contributed by atoms with Crippen LogP contribution < -0.4 is 9.62 Å². The van der Waals surface area contributed by atoms with Crippen molar-refractivity contribution >= 4 is 15.7 Å². The minimum absolute atomic E-state index is 0.172. The molecular weight excluding hydrogens is 353 g/mol. The summed E-state index contributed by atoms with van der Waals surface area (Å²) in [4.78, 5) is 4.63. The van der Waals surface area contributed by atoms with Crippen molar-refractivity contribution in [3.63, 3.8) is 0 Å². The summed E-state index contributed by atoms with van der Waals surface area (Å²) in [6.45, 7) is 4.26. The predicted molar refractivity (Wildman–Crippen MR) is 102 cm³/mol. The first kappa shape index (κ1) is 18.8. The molecule has 1 aliphatic heterocycles. The Morgan fingerprint density at radius 1 is 1.00 bits per heavy atom. The fourth-order valence-corrected chi connectivity index (χ4v) is 4.09. The van der Waals surface area contributed by atoms with Crippen LogP contribution >= 0.6 is 0 Å². The number of likely N-dealkylation sites (N-methyl/N-ethyl adjacent to an activating group) is 1. The van der Waals surface area contributed by atoms with E-state index in [1.165, 1.54) is 12.1 Å². The van der Waals surface area contributed by atoms with Crippen molar-refractivity contribution in [1.82, 2.24) is 9.62 Å². The topological polar surface area (TPSA) is 52.6 Å². The van der Waals surface area contributed by atoms with E-state index in [1.807, 2.05) is 24.3 Å². The van der Waals surface area contributed by atoms with Gasteiger partial charge in [-0.1, -0.05) is 30.3 Å². The van der Waals surface area contributed by atoms with Gasteiger partial charge in [0.15, 0.2) is 0 Å². The normalized spacial score (nSPS) is 16.0. The van der Waals surface area contributed by atoms with E-state index < -0.39 is 15.8 Å². The lowest BCUT2D eigenvalue weighted by Gasteiger charge is -2.34. The first-order valence-electron chi connectivity index (χ1n) is 8.66. The predicted octanol–water partition coefficient (Wildman–Crippen LogP) is 2.20. The molecule has 26 heavy (non-hydrogen) atoms. The van der Waals surface area contributed by atoms with E-state index in [1.54, 1.807) is 12.1 Å². The second kappa shape index (κ2) is 8.16. The van der Waals surface area contributed by atoms with Gasteiger partial charge in [-0.05, 0) is 30.8 Å². The van der Waals surface area contributed by atoms with Crippen LogP contribution in [-0.4, -0.2) is 46.5 Å². The van der Waals surface area contributed by atoms with Gasteiger partial charge >= 0.3 is 0 Å². The summed E-state index contributed by atoms with van der Waals surface area (Å²) in [5.41, 5.74) is 2.20. The number of sulfonamides is 1. The monoisotopic (exact) mass is 377 g/mol. The van der Waals surface area contributed by atoms with Crippen LogP contribution in [0.3, 0.4) is 0 Å². The van der Waals surface area contributed by atoms with Gasteiger partial charge in [-0.2, -0.15) is 0 Å². The van der Waals surface area contributed by atoms with Crippen LogP contribution in [0.2, 0.25) is 0 Å². The van der Waals surface area contributed by atoms with E-state index in [4.69, 9.17) is 0 Å². The zero-order valence-electron chi connectivity index (χ0n) is 14.9. The summed E-state index contributed by atoms with van der Waals surface area (Å²) >= 11 is 0. The van der Waals surface area contributed by atoms with Crippen LogP contribution in [0.15, 0.2) is 48.5 Å². The Morgan fingerprint density at radius 2 is 1.65 bits per heavy atom. The van der Waals surface area contributed by atoms with E-state index >= 15 is 0 Å². The SMILES string of the molecule is CN1CCN(c2ccc(CNS(=O)(=O)Cc3ccccc3F)cc2)CC1. The number of hydrogen-bond donors (Lipinski definition) is 1. The Hall–Kier alpha value is -1.96. The second-order valence-corrected chi connectivity index (χ2v) is 8.44. The molecule has 0 amide bonds. The van der Waals surface area contributed by atoms with Crippen molar-refractivity contribution in [3.8, 4) is 0 Å². The summed E-state index contributed by atoms with van der Waals surface area (Å²) < 4.78 is 40.5. The Bertz CT molecular complexity index is 832. The Morgan fingerprint density at radius 3 is 2.31 bits per heavy atom. The van der Waals surface area contributed by atoms with Crippen molar-refractivity contribution in [2.45, 2.75) is 12.3 Å². The molecule has 0 bridgehead atoms. The minimum atomic E-state index is -3.60. The lowest BCUT2D eigenvalue weighted by atomic mass is 10.2. The van der Waals surface area contributed by atoms with Crippen molar-refractivity contribution in [3.05, 3.63) is 65.5 Å². The fourth-order valence-electron chi connectivity index (χ4n) is 2.95. The molecule has 0 atom stereocenters. The molecule has 0 aromatic heterocycles. The molecular formula is C19H24FN3O2S. The highest BCUT2D eigenvalue weighted by atomic mass is 32.2. The van der Waals surface area contributed by atoms with Gasteiger partial charge in [-0.3, -0.25) is 0 Å². The highest BCUT2D eigenvalue weighted by Gasteiger charge is 2.15. The standard InChI is InChI=1S/C19H24FN3O2S/c1-22-10-12-23(13-11-22)18-8-6-16(7-9-18)14-21-26(24,25)15-17-4-2-3-5-19(17)20/h2-9,21H,10-15H2,1H3. The molecule has 1 aliphatic rings. The summed E-state index contributed by atoms with van der Waals surface area (Å²) in [6, 6.07) is 13.8. The molecule has 2 aromatic rings. The summed E-state index contributed by atoms with van der Waals surface area (Å²) in [5.74, 6) is -0.867. The van der Waals surface area contributed by atoms with Gasteiger partial charge in [0.2, 0.25) is 10.0 Å². The van der Waals surface area contributed by atoms with Crippen molar-refractivity contribution in [2.75, 3.05) is 38.1 Å². The zero-order valence-corrected chi connectivity index (χ0v) is 15.7. The van der Waals surface area contributed by atoms with Gasteiger partial charge in [-0.15, -0.1) is 0 Å². The van der Waals surface area contributed by atoms with E-state index in [9.17, 15) is 12.8 Å². The number of benzene rings is 2. The van der Waals surface area contributed by atoms with E-state index in [2.05, 4.69) is 21.6 Å². The minimum Gasteiger partial charge on any atom is -0.369 e. The maximum atomic E-state index is 13.6. The van der Waals surface area contributed by atoms with Gasteiger partial charge in [0.05, 0.1) is 5.75 Å². The molecule has 1 heterocycles. The number of halogens is 1. The molecule has 7 heteroatoms. The lowest BCUT2D eigenvalue weighted by molar-refractivity contribution is 0.313. The molecule has 3 rings (SSSR count). The van der Waals surface area contributed by atoms with Crippen molar-refractivity contribution in [2.24, 2.45) is 0 Å². The highest BCUT2D eigenvalue weighted by Crippen LogP contribution is 2.17. The van der Waals surface area contributed by atoms with Gasteiger partial charge < -0.3 is 9.80 Å². The molecule has 2 aromatic carbocycles. The average Bonchev–Trinajstić information content (AvgIpc) is 2.63. The second-order valence-electron chi connectivity index (χ2n) is 6.63. The Kier molecular flexibility index (Phi) is 5.90. The molecule has 0 unspecified atom stereocenters. The largest absolute Gasteiger partial charge is 0.369 e. The molecule has 1 N–H and O–H groups in total. The molecule has 0 saturated carbocycles. The Labute approximate surface area is 154 Å². The van der Waals surface area contributed by atoms with Crippen molar-refractivity contribution < 1.29 is 12.8 Å². The highest BCUT2D eigenvalue weighted by molar-refractivity contribution is 7.88. The third-order valence-electron chi connectivity index (χ3n) is 4.60. The summed E-state index contributed by atoms with van der Waals surface area (Å²) in [6.07, 6.45) is 0. The smallest absolute Gasteiger partial charge is 0.216 e. The van der Waals surface area contributed by atoms with Crippen LogP contribution in [0.1, 0.15) is 11.1 Å². The number of hydrogen-bond acceptors (Lipinski definition) is 4. The molecule has 0 radical (unpaired) electrons. The van der Waals surface area contributed by atoms with Gasteiger partial charge in [0.25, 0.3) is 0 Å². The van der Waals surface area contributed by atoms with E-state index in [-0.39, 0.29) is 17.9 Å². The average molecular weight is 377 g/mol. The fraction of sp³-hybridized carbons (Fsp3) is 0.368. The van der Waals surface area contributed by atoms with Crippen LogP contribution in [0.25, 0.3) is 0 Å². The third-order valence-corrected chi connectivity index (χ3v) is 5.88. The van der Waals surface area contributed by atoms with Crippen LogP contribution in [0.4, 0.5) is 10.1 Å². The number of nitrogens with zero attached hydrogens (tertiary/aromatic N) is 2. The molecule has 1 saturated heterocycles. The van der Waals surface area contributed by atoms with Gasteiger partial charge in [0.1, 0.15) is 5.82 Å². The quantitative estimate of drug-likeness (QED) is 0.839. The Balaban J connectivity index is 1.56. The first-order valence-corrected chi connectivity index (χ1v) is 10.3. The van der Waals surface area contributed by atoms with Crippen LogP contribution in [-0.2, 0) is 22.3 Å². The lowest BCUT2D eigenvalue weighted by Crippen LogP contribution is -2.44. The molecule has 1 fully saturated rings. The molecule has 140 valence electrons. The van der Waals surface area contributed by atoms with Gasteiger partial charge in [0, 0.05) is 44.0 Å². The molecule has 0 spiro atoms. The van der Waals surface area contributed by atoms with Crippen molar-refractivity contribution in [1.29, 1.82) is 0 Å². The third kappa shape index (κ3) is 5.03. The summed E-state index contributed by atoms with van der Waals surface area (Å²) in [7, 11) is -1.48. The van der Waals surface area contributed by atoms with E-state index in [0.29, 0.717) is 0 Å². The maximum Gasteiger partial charge on any atom is 0.216 e. The first-order chi connectivity index (χ1) is 12.4. The number of nitrogens with one attached hydrogen (secondary N) is 1. The molecule has 0 aliphatic carbocycles. The maximum absolute atomic E-state index is 13.6. The van der Waals surface area contributed by atoms with Gasteiger partial charge in [-0.25, -0.2) is 17.5 Å². The molecule has 5 nitrogen and oxygen atoms in total. The summed E-state index contributed by atoms with van der Waals surface area (Å²) in [5, 5.41) is 0. The number of anilines is 1. The number of rotatable bonds is 6. The van der Waals surface area contributed by atoms with Crippen LogP contribution in [0.5, 0.6) is 0 Å². The number of piperazine rings is 1. The van der Waals surface area contributed by atoms with E-state index in [0.717, 1.165) is 37.4 Å². The van der Waals surface area contributed by atoms with Crippen LogP contribution in [0, 0.1) is 5.82 Å². The zero-order chi connectivity index (χ0) is 18.6.